The predicted octanol–water partition coefficient (Wildman–Crippen LogP) is 6.68. The molecule has 1 unspecified atom stereocenters. The van der Waals surface area contributed by atoms with Crippen molar-refractivity contribution in [3.8, 4) is 0 Å². The van der Waals surface area contributed by atoms with Crippen molar-refractivity contribution in [3.05, 3.63) is 58.9 Å². The normalized spacial score (nSPS) is 18.7. The molecule has 1 saturated carbocycles. The van der Waals surface area contributed by atoms with E-state index in [-0.39, 0.29) is 23.0 Å². The molecule has 6 nitrogen and oxygen atoms in total. The fourth-order valence-corrected chi connectivity index (χ4v) is 5.71. The number of ketones is 2. The smallest absolute Gasteiger partial charge is 0.134 e. The third-order valence-corrected chi connectivity index (χ3v) is 7.88. The Labute approximate surface area is 214 Å². The van der Waals surface area contributed by atoms with Crippen LogP contribution in [0.5, 0.6) is 0 Å². The van der Waals surface area contributed by atoms with Crippen molar-refractivity contribution in [2.45, 2.75) is 97.4 Å². The van der Waals surface area contributed by atoms with Crippen molar-refractivity contribution in [3.63, 3.8) is 0 Å². The number of aromatic nitrogens is 3. The molecule has 0 spiro atoms. The zero-order chi connectivity index (χ0) is 26.0. The molecule has 0 radical (unpaired) electrons. The topological polar surface area (TPSA) is 77.2 Å². The average Bonchev–Trinajstić information content (AvgIpc) is 3.31. The number of allylic oxidation sites excluding steroid dienone is 3. The van der Waals surface area contributed by atoms with Crippen LogP contribution in [-0.2, 0) is 21.4 Å². The van der Waals surface area contributed by atoms with Gasteiger partial charge in [-0.1, -0.05) is 44.0 Å². The lowest BCUT2D eigenvalue weighted by atomic mass is 9.74. The van der Waals surface area contributed by atoms with Crippen LogP contribution in [0.4, 0.5) is 5.69 Å². The zero-order valence-electron chi connectivity index (χ0n) is 22.4. The minimum atomic E-state index is -0.272. The molecule has 1 aromatic carbocycles. The quantitative estimate of drug-likeness (QED) is 0.390. The van der Waals surface area contributed by atoms with Crippen molar-refractivity contribution < 1.29 is 9.59 Å². The molecule has 2 aliphatic carbocycles. The summed E-state index contributed by atoms with van der Waals surface area (Å²) < 4.78 is 1.83. The highest BCUT2D eigenvalue weighted by molar-refractivity contribution is 5.92. The van der Waals surface area contributed by atoms with E-state index in [1.54, 1.807) is 13.8 Å². The van der Waals surface area contributed by atoms with Gasteiger partial charge in [-0.3, -0.25) is 14.6 Å². The SMILES string of the molecule is C=C1Cc2cc(N=C(C)C(CC(C)=O)n3cc(C4(C)CCCCC4)nn3)ccc2C(C)=C1CC(C)=O. The number of carbonyl (C=O) groups is 2. The van der Waals surface area contributed by atoms with E-state index in [4.69, 9.17) is 4.99 Å². The summed E-state index contributed by atoms with van der Waals surface area (Å²) in [6.45, 7) is 13.8. The molecule has 1 fully saturated rings. The summed E-state index contributed by atoms with van der Waals surface area (Å²) in [5.74, 6) is 0.243. The lowest BCUT2D eigenvalue weighted by molar-refractivity contribution is -0.117. The molecule has 2 aromatic rings. The Hall–Kier alpha value is -3.15. The van der Waals surface area contributed by atoms with E-state index in [2.05, 4.69) is 42.9 Å². The fraction of sp³-hybridized carbons (Fsp3) is 0.500. The number of benzene rings is 1. The molecule has 0 amide bonds. The van der Waals surface area contributed by atoms with Crippen molar-refractivity contribution in [1.82, 2.24) is 15.0 Å². The van der Waals surface area contributed by atoms with Gasteiger partial charge in [-0.2, -0.15) is 0 Å². The lowest BCUT2D eigenvalue weighted by Crippen LogP contribution is -2.25. The largest absolute Gasteiger partial charge is 0.300 e. The summed E-state index contributed by atoms with van der Waals surface area (Å²) >= 11 is 0. The molecule has 1 atom stereocenters. The average molecular weight is 487 g/mol. The first kappa shape index (κ1) is 25.9. The van der Waals surface area contributed by atoms with Crippen LogP contribution in [0.15, 0.2) is 47.1 Å². The Bertz CT molecular complexity index is 1260. The molecule has 0 saturated heterocycles. The van der Waals surface area contributed by atoms with Gasteiger partial charge in [0.1, 0.15) is 11.6 Å². The van der Waals surface area contributed by atoms with E-state index in [1.807, 2.05) is 23.9 Å². The van der Waals surface area contributed by atoms with Crippen molar-refractivity contribution in [1.29, 1.82) is 0 Å². The minimum Gasteiger partial charge on any atom is -0.300 e. The number of aliphatic imine (C=N–C) groups is 1. The van der Waals surface area contributed by atoms with E-state index in [1.165, 1.54) is 19.3 Å². The first-order valence-electron chi connectivity index (χ1n) is 13.0. The number of Topliss-reactive ketones (excluding diaryl/α,β-unsaturated/α-hetero) is 2. The van der Waals surface area contributed by atoms with E-state index in [0.29, 0.717) is 19.3 Å². The molecule has 0 bridgehead atoms. The summed E-state index contributed by atoms with van der Waals surface area (Å²) in [6.07, 6.45) is 9.45. The molecule has 0 aliphatic heterocycles. The summed E-state index contributed by atoms with van der Waals surface area (Å²) in [6, 6.07) is 5.91. The van der Waals surface area contributed by atoms with Crippen LogP contribution < -0.4 is 0 Å². The summed E-state index contributed by atoms with van der Waals surface area (Å²) in [5.41, 5.74) is 8.21. The first-order chi connectivity index (χ1) is 17.1. The molecular weight excluding hydrogens is 448 g/mol. The number of nitrogens with zero attached hydrogens (tertiary/aromatic N) is 4. The monoisotopic (exact) mass is 486 g/mol. The third-order valence-electron chi connectivity index (χ3n) is 7.88. The van der Waals surface area contributed by atoms with Gasteiger partial charge >= 0.3 is 0 Å². The second-order valence-electron chi connectivity index (χ2n) is 11.0. The maximum absolute atomic E-state index is 12.2. The molecule has 2 aliphatic rings. The predicted molar refractivity (Wildman–Crippen MR) is 145 cm³/mol. The van der Waals surface area contributed by atoms with Crippen LogP contribution in [0.25, 0.3) is 5.57 Å². The standard InChI is InChI=1S/C30H38N4O2/c1-19-14-24-17-25(10-11-26(24)22(4)27(19)15-20(2)35)31-23(5)28(16-21(3)36)34-18-29(32-33-34)30(6)12-8-7-9-13-30/h10-11,17-18,28H,1,7-9,12-16H2,2-6H3. The van der Waals surface area contributed by atoms with Crippen LogP contribution in [0, 0.1) is 0 Å². The van der Waals surface area contributed by atoms with E-state index < -0.39 is 0 Å². The number of fused-ring (bicyclic) bond motifs is 1. The highest BCUT2D eigenvalue weighted by Gasteiger charge is 2.32. The molecule has 4 rings (SSSR count). The lowest BCUT2D eigenvalue weighted by Gasteiger charge is -2.31. The van der Waals surface area contributed by atoms with Gasteiger partial charge in [0.05, 0.1) is 17.4 Å². The Balaban J connectivity index is 1.63. The van der Waals surface area contributed by atoms with Gasteiger partial charge in [0, 0.05) is 30.2 Å². The van der Waals surface area contributed by atoms with Crippen molar-refractivity contribution >= 4 is 28.5 Å². The highest BCUT2D eigenvalue weighted by Crippen LogP contribution is 2.39. The van der Waals surface area contributed by atoms with Crippen LogP contribution >= 0.6 is 0 Å². The van der Waals surface area contributed by atoms with Crippen LogP contribution in [-0.4, -0.2) is 32.3 Å². The fourth-order valence-electron chi connectivity index (χ4n) is 5.71. The van der Waals surface area contributed by atoms with Crippen LogP contribution in [0.3, 0.4) is 0 Å². The molecule has 36 heavy (non-hydrogen) atoms. The molecule has 1 heterocycles. The summed E-state index contributed by atoms with van der Waals surface area (Å²) in [4.78, 5) is 28.8. The summed E-state index contributed by atoms with van der Waals surface area (Å²) in [7, 11) is 0. The Morgan fingerprint density at radius 2 is 1.86 bits per heavy atom. The molecular formula is C30H38N4O2. The Morgan fingerprint density at radius 1 is 1.14 bits per heavy atom. The third kappa shape index (κ3) is 5.48. The molecule has 6 heteroatoms. The second-order valence-corrected chi connectivity index (χ2v) is 11.0. The Kier molecular flexibility index (Phi) is 7.53. The van der Waals surface area contributed by atoms with E-state index >= 15 is 0 Å². The molecule has 0 N–H and O–H groups in total. The highest BCUT2D eigenvalue weighted by atomic mass is 16.1. The second kappa shape index (κ2) is 10.5. The first-order valence-corrected chi connectivity index (χ1v) is 13.0. The summed E-state index contributed by atoms with van der Waals surface area (Å²) in [5, 5.41) is 9.00. The van der Waals surface area contributed by atoms with Gasteiger partial charge in [-0.25, -0.2) is 4.68 Å². The number of carbonyl (C=O) groups excluding carboxylic acids is 2. The number of hydrogen-bond donors (Lipinski definition) is 0. The van der Waals surface area contributed by atoms with Gasteiger partial charge in [-0.05, 0) is 86.9 Å². The van der Waals surface area contributed by atoms with Gasteiger partial charge in [0.15, 0.2) is 0 Å². The van der Waals surface area contributed by atoms with Gasteiger partial charge in [0.2, 0.25) is 0 Å². The van der Waals surface area contributed by atoms with Crippen molar-refractivity contribution in [2.24, 2.45) is 4.99 Å². The van der Waals surface area contributed by atoms with Gasteiger partial charge < -0.3 is 0 Å². The molecule has 190 valence electrons. The van der Waals surface area contributed by atoms with Crippen LogP contribution in [0.1, 0.15) is 102 Å². The maximum Gasteiger partial charge on any atom is 0.134 e. The Morgan fingerprint density at radius 3 is 2.53 bits per heavy atom. The minimum absolute atomic E-state index is 0.0514. The number of rotatable bonds is 8. The maximum atomic E-state index is 12.2. The van der Waals surface area contributed by atoms with Gasteiger partial charge in [0.25, 0.3) is 0 Å². The van der Waals surface area contributed by atoms with Gasteiger partial charge in [-0.15, -0.1) is 5.10 Å². The van der Waals surface area contributed by atoms with Crippen LogP contribution in [0.2, 0.25) is 0 Å². The molecule has 1 aromatic heterocycles. The number of hydrogen-bond acceptors (Lipinski definition) is 5. The van der Waals surface area contributed by atoms with E-state index in [9.17, 15) is 9.59 Å². The zero-order valence-corrected chi connectivity index (χ0v) is 22.4. The van der Waals surface area contributed by atoms with E-state index in [0.717, 1.165) is 57.8 Å². The van der Waals surface area contributed by atoms with Crippen molar-refractivity contribution in [2.75, 3.05) is 0 Å².